The highest BCUT2D eigenvalue weighted by Gasteiger charge is 2.25. The van der Waals surface area contributed by atoms with Gasteiger partial charge in [0, 0.05) is 26.2 Å². The van der Waals surface area contributed by atoms with Crippen molar-refractivity contribution < 1.29 is 14.6 Å². The van der Waals surface area contributed by atoms with Crippen molar-refractivity contribution in [1.82, 2.24) is 9.78 Å². The number of nitrogens with zero attached hydrogens (tertiary/aromatic N) is 2. The molecule has 0 saturated carbocycles. The van der Waals surface area contributed by atoms with Crippen LogP contribution in [0.1, 0.15) is 34.8 Å². The first-order valence-electron chi connectivity index (χ1n) is 5.03. The van der Waals surface area contributed by atoms with Crippen LogP contribution in [-0.2, 0) is 11.8 Å². The molecule has 1 fully saturated rings. The Bertz CT molecular complexity index is 367. The van der Waals surface area contributed by atoms with Crippen LogP contribution in [0.2, 0.25) is 0 Å². The lowest BCUT2D eigenvalue weighted by molar-refractivity contribution is 0.0683. The quantitative estimate of drug-likeness (QED) is 0.791. The topological polar surface area (TPSA) is 64.4 Å². The average Bonchev–Trinajstić information content (AvgIpc) is 2.61. The molecule has 2 heterocycles. The molecular formula is C10H14N2O3. The third-order valence-electron chi connectivity index (χ3n) is 2.82. The maximum absolute atomic E-state index is 11.0. The molecule has 0 bridgehead atoms. The molecular weight excluding hydrogens is 196 g/mol. The van der Waals surface area contributed by atoms with Crippen LogP contribution in [0.25, 0.3) is 0 Å². The van der Waals surface area contributed by atoms with Crippen molar-refractivity contribution in [1.29, 1.82) is 0 Å². The highest BCUT2D eigenvalue weighted by molar-refractivity contribution is 5.88. The molecule has 0 aliphatic carbocycles. The fourth-order valence-electron chi connectivity index (χ4n) is 2.07. The number of aromatic nitrogens is 2. The SMILES string of the molecule is Cn1ncc(C(=O)O)c1C1CCOCC1. The Morgan fingerprint density at radius 1 is 1.60 bits per heavy atom. The van der Waals surface area contributed by atoms with Gasteiger partial charge in [0.1, 0.15) is 5.56 Å². The molecule has 1 aliphatic rings. The Morgan fingerprint density at radius 3 is 2.87 bits per heavy atom. The minimum absolute atomic E-state index is 0.261. The van der Waals surface area contributed by atoms with Gasteiger partial charge in [0.2, 0.25) is 0 Å². The van der Waals surface area contributed by atoms with E-state index in [1.165, 1.54) is 6.20 Å². The Kier molecular flexibility index (Phi) is 2.73. The first kappa shape index (κ1) is 10.2. The Balaban J connectivity index is 2.32. The number of ether oxygens (including phenoxy) is 1. The minimum atomic E-state index is -0.899. The Hall–Kier alpha value is -1.36. The van der Waals surface area contributed by atoms with Crippen molar-refractivity contribution in [2.75, 3.05) is 13.2 Å². The number of aromatic carboxylic acids is 1. The van der Waals surface area contributed by atoms with Gasteiger partial charge in [-0.25, -0.2) is 4.79 Å². The van der Waals surface area contributed by atoms with Crippen LogP contribution in [0.5, 0.6) is 0 Å². The lowest BCUT2D eigenvalue weighted by Gasteiger charge is -2.22. The number of carboxylic acid groups (broad SMARTS) is 1. The third kappa shape index (κ3) is 1.87. The van der Waals surface area contributed by atoms with Gasteiger partial charge in [-0.05, 0) is 12.8 Å². The Labute approximate surface area is 87.7 Å². The molecule has 0 amide bonds. The maximum Gasteiger partial charge on any atom is 0.339 e. The van der Waals surface area contributed by atoms with E-state index >= 15 is 0 Å². The standard InChI is InChI=1S/C10H14N2O3/c1-12-9(7-2-4-15-5-3-7)8(6-11-12)10(13)14/h6-7H,2-5H2,1H3,(H,13,14). The second-order valence-electron chi connectivity index (χ2n) is 3.76. The van der Waals surface area contributed by atoms with E-state index in [0.717, 1.165) is 18.5 Å². The molecule has 5 nitrogen and oxygen atoms in total. The molecule has 5 heteroatoms. The van der Waals surface area contributed by atoms with E-state index in [0.29, 0.717) is 18.8 Å². The van der Waals surface area contributed by atoms with Gasteiger partial charge in [0.15, 0.2) is 0 Å². The summed E-state index contributed by atoms with van der Waals surface area (Å²) in [5.74, 6) is -0.637. The summed E-state index contributed by atoms with van der Waals surface area (Å²) in [5.41, 5.74) is 1.15. The van der Waals surface area contributed by atoms with Crippen LogP contribution in [0, 0.1) is 0 Å². The van der Waals surface area contributed by atoms with Crippen molar-refractivity contribution in [3.8, 4) is 0 Å². The van der Waals surface area contributed by atoms with Crippen LogP contribution < -0.4 is 0 Å². The summed E-state index contributed by atoms with van der Waals surface area (Å²) >= 11 is 0. The zero-order valence-corrected chi connectivity index (χ0v) is 8.64. The molecule has 1 aliphatic heterocycles. The molecule has 0 radical (unpaired) electrons. The summed E-state index contributed by atoms with van der Waals surface area (Å²) in [6.45, 7) is 1.41. The average molecular weight is 210 g/mol. The summed E-state index contributed by atoms with van der Waals surface area (Å²) in [5, 5.41) is 13.0. The number of carboxylic acids is 1. The number of rotatable bonds is 2. The molecule has 15 heavy (non-hydrogen) atoms. The van der Waals surface area contributed by atoms with Crippen molar-refractivity contribution in [2.45, 2.75) is 18.8 Å². The molecule has 1 aromatic heterocycles. The van der Waals surface area contributed by atoms with E-state index < -0.39 is 5.97 Å². The third-order valence-corrected chi connectivity index (χ3v) is 2.82. The summed E-state index contributed by atoms with van der Waals surface area (Å²) in [7, 11) is 1.79. The molecule has 0 aromatic carbocycles. The monoisotopic (exact) mass is 210 g/mol. The summed E-state index contributed by atoms with van der Waals surface area (Å²) in [4.78, 5) is 11.0. The summed E-state index contributed by atoms with van der Waals surface area (Å²) in [6.07, 6.45) is 3.17. The molecule has 0 spiro atoms. The van der Waals surface area contributed by atoms with Gasteiger partial charge in [-0.2, -0.15) is 5.10 Å². The largest absolute Gasteiger partial charge is 0.478 e. The fourth-order valence-corrected chi connectivity index (χ4v) is 2.07. The van der Waals surface area contributed by atoms with Gasteiger partial charge >= 0.3 is 5.97 Å². The second kappa shape index (κ2) is 4.02. The lowest BCUT2D eigenvalue weighted by atomic mass is 9.94. The maximum atomic E-state index is 11.0. The van der Waals surface area contributed by atoms with E-state index in [-0.39, 0.29) is 5.92 Å². The number of hydrogen-bond acceptors (Lipinski definition) is 3. The molecule has 1 aromatic rings. The molecule has 0 atom stereocenters. The zero-order valence-electron chi connectivity index (χ0n) is 8.64. The van der Waals surface area contributed by atoms with Crippen LogP contribution in [0.4, 0.5) is 0 Å². The van der Waals surface area contributed by atoms with Gasteiger partial charge < -0.3 is 9.84 Å². The zero-order chi connectivity index (χ0) is 10.8. The highest BCUT2D eigenvalue weighted by Crippen LogP contribution is 2.28. The van der Waals surface area contributed by atoms with Crippen LogP contribution in [0.3, 0.4) is 0 Å². The summed E-state index contributed by atoms with van der Waals surface area (Å²) in [6, 6.07) is 0. The van der Waals surface area contributed by atoms with Gasteiger partial charge in [0.05, 0.1) is 11.9 Å². The van der Waals surface area contributed by atoms with Crippen molar-refractivity contribution in [3.05, 3.63) is 17.5 Å². The van der Waals surface area contributed by atoms with Crippen molar-refractivity contribution in [2.24, 2.45) is 7.05 Å². The van der Waals surface area contributed by atoms with Crippen molar-refractivity contribution >= 4 is 5.97 Å². The van der Waals surface area contributed by atoms with E-state index in [1.807, 2.05) is 0 Å². The number of carbonyl (C=O) groups is 1. The normalized spacial score (nSPS) is 17.9. The fraction of sp³-hybridized carbons (Fsp3) is 0.600. The van der Waals surface area contributed by atoms with Crippen LogP contribution in [-0.4, -0.2) is 34.1 Å². The molecule has 2 rings (SSSR count). The molecule has 0 unspecified atom stereocenters. The highest BCUT2D eigenvalue weighted by atomic mass is 16.5. The van der Waals surface area contributed by atoms with Gasteiger partial charge in [-0.3, -0.25) is 4.68 Å². The Morgan fingerprint density at radius 2 is 2.27 bits per heavy atom. The second-order valence-corrected chi connectivity index (χ2v) is 3.76. The van der Waals surface area contributed by atoms with Crippen molar-refractivity contribution in [3.63, 3.8) is 0 Å². The van der Waals surface area contributed by atoms with Gasteiger partial charge in [-0.1, -0.05) is 0 Å². The van der Waals surface area contributed by atoms with E-state index in [2.05, 4.69) is 5.10 Å². The molecule has 1 N–H and O–H groups in total. The first-order chi connectivity index (χ1) is 7.20. The van der Waals surface area contributed by atoms with Crippen LogP contribution in [0.15, 0.2) is 6.20 Å². The smallest absolute Gasteiger partial charge is 0.339 e. The predicted molar refractivity (Wildman–Crippen MR) is 53.0 cm³/mol. The van der Waals surface area contributed by atoms with E-state index in [4.69, 9.17) is 9.84 Å². The predicted octanol–water partition coefficient (Wildman–Crippen LogP) is 1.01. The van der Waals surface area contributed by atoms with Gasteiger partial charge in [-0.15, -0.1) is 0 Å². The van der Waals surface area contributed by atoms with Gasteiger partial charge in [0.25, 0.3) is 0 Å². The first-order valence-corrected chi connectivity index (χ1v) is 5.03. The minimum Gasteiger partial charge on any atom is -0.478 e. The number of aryl methyl sites for hydroxylation is 1. The van der Waals surface area contributed by atoms with Crippen LogP contribution >= 0.6 is 0 Å². The summed E-state index contributed by atoms with van der Waals surface area (Å²) < 4.78 is 6.93. The molecule has 1 saturated heterocycles. The number of hydrogen-bond donors (Lipinski definition) is 1. The van der Waals surface area contributed by atoms with E-state index in [9.17, 15) is 4.79 Å². The van der Waals surface area contributed by atoms with E-state index in [1.54, 1.807) is 11.7 Å². The lowest BCUT2D eigenvalue weighted by Crippen LogP contribution is -2.18. The molecule has 82 valence electrons.